The minimum absolute atomic E-state index is 0.0832. The van der Waals surface area contributed by atoms with E-state index < -0.39 is 75.7 Å². The van der Waals surface area contributed by atoms with Gasteiger partial charge in [-0.2, -0.15) is 0 Å². The van der Waals surface area contributed by atoms with Gasteiger partial charge in [0.15, 0.2) is 6.10 Å². The van der Waals surface area contributed by atoms with E-state index in [1.54, 1.807) is 0 Å². The van der Waals surface area contributed by atoms with Gasteiger partial charge in [0.1, 0.15) is 43.2 Å². The molecular formula is C44H81O13P. The summed E-state index contributed by atoms with van der Waals surface area (Å²) in [7, 11) is -5.12. The second-order valence-corrected chi connectivity index (χ2v) is 17.3. The Morgan fingerprint density at radius 3 is 1.43 bits per heavy atom. The molecule has 13 nitrogen and oxygen atoms in total. The molecule has 0 aromatic heterocycles. The number of aliphatic hydroxyl groups is 5. The van der Waals surface area contributed by atoms with E-state index in [1.165, 1.54) is 83.5 Å². The molecule has 0 radical (unpaired) electrons. The largest absolute Gasteiger partial charge is 0.472 e. The zero-order valence-corrected chi connectivity index (χ0v) is 36.7. The van der Waals surface area contributed by atoms with Gasteiger partial charge in [-0.3, -0.25) is 18.6 Å². The standard InChI is InChI=1S/C44H81O13P/c1-3-5-7-9-11-13-15-17-19-21-23-25-27-29-31-33-38(46)56-36(35-55-58(52,53)57-44-42(50)40(48)39(47)41(49)43(44)51)34-54-37(45)32-30-28-26-24-22-20-18-16-14-12-10-8-6-4-2/h11,13,17,19,36,39-44,47-51H,3-10,12,14-16,18,20-35H2,1-2H3,(H,52,53)/b13-11-,19-17-. The maximum atomic E-state index is 12.8. The molecule has 0 aliphatic heterocycles. The summed E-state index contributed by atoms with van der Waals surface area (Å²) < 4.78 is 33.5. The molecule has 1 saturated carbocycles. The molecule has 58 heavy (non-hydrogen) atoms. The van der Waals surface area contributed by atoms with Crippen LogP contribution >= 0.6 is 7.82 Å². The van der Waals surface area contributed by atoms with Crippen LogP contribution in [-0.4, -0.2) is 98.3 Å². The molecule has 340 valence electrons. The van der Waals surface area contributed by atoms with E-state index >= 15 is 0 Å². The molecule has 0 bridgehead atoms. The number of hydrogen-bond acceptors (Lipinski definition) is 12. The average Bonchev–Trinajstić information content (AvgIpc) is 3.20. The van der Waals surface area contributed by atoms with Crippen molar-refractivity contribution in [3.63, 3.8) is 0 Å². The van der Waals surface area contributed by atoms with Gasteiger partial charge in [-0.1, -0.05) is 154 Å². The molecule has 0 aromatic carbocycles. The van der Waals surface area contributed by atoms with Gasteiger partial charge in [0.25, 0.3) is 0 Å². The fraction of sp³-hybridized carbons (Fsp3) is 0.864. The van der Waals surface area contributed by atoms with Gasteiger partial charge in [0.2, 0.25) is 0 Å². The zero-order valence-electron chi connectivity index (χ0n) is 35.8. The second kappa shape index (κ2) is 35.0. The number of unbranched alkanes of at least 4 members (excludes halogenated alkanes) is 21. The lowest BCUT2D eigenvalue weighted by Gasteiger charge is -2.41. The van der Waals surface area contributed by atoms with Crippen LogP contribution in [0.25, 0.3) is 0 Å². The van der Waals surface area contributed by atoms with Crippen molar-refractivity contribution < 1.29 is 63.1 Å². The highest BCUT2D eigenvalue weighted by Crippen LogP contribution is 2.47. The Morgan fingerprint density at radius 2 is 0.931 bits per heavy atom. The van der Waals surface area contributed by atoms with Crippen molar-refractivity contribution in [3.05, 3.63) is 24.3 Å². The summed E-state index contributed by atoms with van der Waals surface area (Å²) in [6.45, 7) is 3.26. The molecule has 6 atom stereocenters. The molecule has 0 amide bonds. The number of esters is 2. The number of allylic oxidation sites excluding steroid dienone is 4. The Morgan fingerprint density at radius 1 is 0.534 bits per heavy atom. The van der Waals surface area contributed by atoms with Crippen molar-refractivity contribution in [3.8, 4) is 0 Å². The lowest BCUT2D eigenvalue weighted by atomic mass is 9.85. The SMILES string of the molecule is CCCCC/C=C\C/C=C\CCCCCCCC(=O)OC(COC(=O)CCCCCCCCCCCCCCCC)COP(=O)(O)OC1C(O)C(O)C(O)C(O)C1O. The Bertz CT molecular complexity index is 1120. The van der Waals surface area contributed by atoms with Gasteiger partial charge in [-0.05, 0) is 44.9 Å². The molecule has 0 spiro atoms. The summed E-state index contributed by atoms with van der Waals surface area (Å²) in [5.41, 5.74) is 0. The lowest BCUT2D eigenvalue weighted by molar-refractivity contribution is -0.220. The maximum absolute atomic E-state index is 12.8. The van der Waals surface area contributed by atoms with Crippen LogP contribution in [0.5, 0.6) is 0 Å². The van der Waals surface area contributed by atoms with Gasteiger partial charge >= 0.3 is 19.8 Å². The van der Waals surface area contributed by atoms with Crippen LogP contribution in [0.1, 0.15) is 187 Å². The third-order valence-electron chi connectivity index (χ3n) is 10.5. The van der Waals surface area contributed by atoms with Crippen LogP contribution in [0.15, 0.2) is 24.3 Å². The normalized spacial score (nSPS) is 22.7. The van der Waals surface area contributed by atoms with Crippen molar-refractivity contribution in [2.75, 3.05) is 13.2 Å². The average molecular weight is 849 g/mol. The number of ether oxygens (including phenoxy) is 2. The smallest absolute Gasteiger partial charge is 0.462 e. The fourth-order valence-electron chi connectivity index (χ4n) is 6.85. The minimum Gasteiger partial charge on any atom is -0.462 e. The number of carbonyl (C=O) groups is 2. The molecular weight excluding hydrogens is 767 g/mol. The van der Waals surface area contributed by atoms with Crippen molar-refractivity contribution in [2.45, 2.75) is 230 Å². The molecule has 0 aromatic rings. The summed E-state index contributed by atoms with van der Waals surface area (Å²) in [4.78, 5) is 35.6. The zero-order chi connectivity index (χ0) is 42.9. The van der Waals surface area contributed by atoms with Crippen LogP contribution < -0.4 is 0 Å². The molecule has 1 rings (SSSR count). The fourth-order valence-corrected chi connectivity index (χ4v) is 7.82. The minimum atomic E-state index is -5.12. The Hall–Kier alpha value is -1.67. The van der Waals surface area contributed by atoms with Crippen molar-refractivity contribution in [1.82, 2.24) is 0 Å². The molecule has 1 aliphatic carbocycles. The van der Waals surface area contributed by atoms with Crippen molar-refractivity contribution >= 4 is 19.8 Å². The van der Waals surface area contributed by atoms with E-state index in [4.69, 9.17) is 18.5 Å². The highest BCUT2D eigenvalue weighted by molar-refractivity contribution is 7.47. The topological polar surface area (TPSA) is 210 Å². The first-order valence-corrected chi connectivity index (χ1v) is 24.1. The highest BCUT2D eigenvalue weighted by atomic mass is 31.2. The molecule has 14 heteroatoms. The lowest BCUT2D eigenvalue weighted by Crippen LogP contribution is -2.64. The molecule has 0 saturated heterocycles. The molecule has 1 aliphatic rings. The van der Waals surface area contributed by atoms with Crippen LogP contribution in [0.3, 0.4) is 0 Å². The molecule has 6 unspecified atom stereocenters. The number of phosphoric ester groups is 1. The van der Waals surface area contributed by atoms with Crippen LogP contribution in [-0.2, 0) is 32.7 Å². The van der Waals surface area contributed by atoms with E-state index in [0.717, 1.165) is 64.2 Å². The molecule has 6 N–H and O–H groups in total. The van der Waals surface area contributed by atoms with Gasteiger partial charge in [-0.25, -0.2) is 4.57 Å². The van der Waals surface area contributed by atoms with Gasteiger partial charge in [0.05, 0.1) is 6.61 Å². The Kier molecular flexibility index (Phi) is 32.8. The van der Waals surface area contributed by atoms with Crippen LogP contribution in [0, 0.1) is 0 Å². The summed E-state index contributed by atoms with van der Waals surface area (Å²) >= 11 is 0. The summed E-state index contributed by atoms with van der Waals surface area (Å²) in [6, 6.07) is 0. The molecule has 1 fully saturated rings. The quantitative estimate of drug-likeness (QED) is 0.0150. The number of rotatable bonds is 37. The van der Waals surface area contributed by atoms with E-state index in [2.05, 4.69) is 38.2 Å². The number of aliphatic hydroxyl groups excluding tert-OH is 5. The van der Waals surface area contributed by atoms with Gasteiger partial charge in [-0.15, -0.1) is 0 Å². The predicted molar refractivity (Wildman–Crippen MR) is 226 cm³/mol. The van der Waals surface area contributed by atoms with E-state index in [1.807, 2.05) is 0 Å². The Labute approximate surface area is 349 Å². The number of hydrogen-bond donors (Lipinski definition) is 6. The maximum Gasteiger partial charge on any atom is 0.472 e. The predicted octanol–water partition coefficient (Wildman–Crippen LogP) is 8.45. The Balaban J connectivity index is 2.48. The van der Waals surface area contributed by atoms with E-state index in [-0.39, 0.29) is 12.8 Å². The van der Waals surface area contributed by atoms with Gasteiger partial charge in [0, 0.05) is 12.8 Å². The molecule has 0 heterocycles. The summed E-state index contributed by atoms with van der Waals surface area (Å²) in [5, 5.41) is 50.1. The monoisotopic (exact) mass is 849 g/mol. The first-order valence-electron chi connectivity index (χ1n) is 22.6. The summed E-state index contributed by atoms with van der Waals surface area (Å²) in [5.74, 6) is -1.11. The summed E-state index contributed by atoms with van der Waals surface area (Å²) in [6.07, 6.45) is 23.7. The van der Waals surface area contributed by atoms with E-state index in [0.29, 0.717) is 12.8 Å². The van der Waals surface area contributed by atoms with Crippen LogP contribution in [0.2, 0.25) is 0 Å². The second-order valence-electron chi connectivity index (χ2n) is 15.9. The van der Waals surface area contributed by atoms with E-state index in [9.17, 15) is 44.6 Å². The van der Waals surface area contributed by atoms with Gasteiger partial charge < -0.3 is 39.9 Å². The number of phosphoric acid groups is 1. The number of carbonyl (C=O) groups excluding carboxylic acids is 2. The van der Waals surface area contributed by atoms with Crippen molar-refractivity contribution in [1.29, 1.82) is 0 Å². The third-order valence-corrected chi connectivity index (χ3v) is 11.5. The first-order chi connectivity index (χ1) is 27.9. The van der Waals surface area contributed by atoms with Crippen LogP contribution in [0.4, 0.5) is 0 Å². The highest BCUT2D eigenvalue weighted by Gasteiger charge is 2.51. The van der Waals surface area contributed by atoms with Crippen molar-refractivity contribution in [2.24, 2.45) is 0 Å². The first kappa shape index (κ1) is 54.3. The third kappa shape index (κ3) is 27.2.